The summed E-state index contributed by atoms with van der Waals surface area (Å²) in [5, 5.41) is 0. The Balaban J connectivity index is 1.85. The van der Waals surface area contributed by atoms with E-state index in [1.807, 2.05) is 4.90 Å². The molecule has 1 aliphatic rings. The zero-order chi connectivity index (χ0) is 13.0. The summed E-state index contributed by atoms with van der Waals surface area (Å²) in [6, 6.07) is 8.67. The molecule has 0 radical (unpaired) electrons. The number of aryl methyl sites for hydroxylation is 1. The number of nitrogens with zero attached hydrogens (tertiary/aromatic N) is 1. The molecule has 0 aliphatic carbocycles. The monoisotopic (exact) mass is 359 g/mol. The summed E-state index contributed by atoms with van der Waals surface area (Å²) < 4.78 is 3.61. The van der Waals surface area contributed by atoms with Gasteiger partial charge in [-0.25, -0.2) is 0 Å². The van der Waals surface area contributed by atoms with Crippen molar-refractivity contribution in [2.24, 2.45) is 0 Å². The fourth-order valence-corrected chi connectivity index (χ4v) is 3.96. The van der Waals surface area contributed by atoms with Gasteiger partial charge in [0.05, 0.1) is 0 Å². The molecule has 1 aromatic rings. The SMILES string of the molecule is CCCCN1C/C(=C\[Te]c2ccc(C)cc2)C1=O. The Hall–Kier alpha value is -0.780. The van der Waals surface area contributed by atoms with Gasteiger partial charge in [-0.3, -0.25) is 0 Å². The number of unbranched alkanes of at least 4 members (excludes halogenated alkanes) is 1. The van der Waals surface area contributed by atoms with Crippen molar-refractivity contribution in [3.63, 3.8) is 0 Å². The van der Waals surface area contributed by atoms with Gasteiger partial charge in [0.1, 0.15) is 0 Å². The van der Waals surface area contributed by atoms with Gasteiger partial charge >= 0.3 is 119 Å². The van der Waals surface area contributed by atoms with Crippen LogP contribution in [0.3, 0.4) is 0 Å². The van der Waals surface area contributed by atoms with Gasteiger partial charge in [-0.15, -0.1) is 0 Å². The van der Waals surface area contributed by atoms with Crippen LogP contribution in [0.15, 0.2) is 34.0 Å². The second-order valence-corrected chi connectivity index (χ2v) is 7.35. The predicted molar refractivity (Wildman–Crippen MR) is 76.1 cm³/mol. The summed E-state index contributed by atoms with van der Waals surface area (Å²) in [5.41, 5.74) is 2.33. The van der Waals surface area contributed by atoms with Gasteiger partial charge in [0.2, 0.25) is 0 Å². The molecule has 0 atom stereocenters. The molecular formula is C15H19NOTe. The number of hydrogen-bond acceptors (Lipinski definition) is 1. The molecule has 1 saturated heterocycles. The first kappa shape index (κ1) is 13.6. The molecule has 1 aliphatic heterocycles. The van der Waals surface area contributed by atoms with Crippen LogP contribution in [-0.4, -0.2) is 44.8 Å². The number of hydrogen-bond donors (Lipinski definition) is 0. The third-order valence-electron chi connectivity index (χ3n) is 3.06. The topological polar surface area (TPSA) is 20.3 Å². The van der Waals surface area contributed by atoms with Crippen molar-refractivity contribution in [3.8, 4) is 0 Å². The van der Waals surface area contributed by atoms with Crippen molar-refractivity contribution in [1.29, 1.82) is 0 Å². The number of rotatable bonds is 5. The molecule has 1 fully saturated rings. The average Bonchev–Trinajstić information content (AvgIpc) is 2.38. The van der Waals surface area contributed by atoms with E-state index in [4.69, 9.17) is 0 Å². The van der Waals surface area contributed by atoms with Crippen LogP contribution in [-0.2, 0) is 4.79 Å². The predicted octanol–water partition coefficient (Wildman–Crippen LogP) is 1.85. The first-order chi connectivity index (χ1) is 8.70. The van der Waals surface area contributed by atoms with Crippen LogP contribution >= 0.6 is 0 Å². The molecule has 3 heteroatoms. The van der Waals surface area contributed by atoms with E-state index in [1.54, 1.807) is 0 Å². The Labute approximate surface area is 119 Å². The summed E-state index contributed by atoms with van der Waals surface area (Å²) in [7, 11) is 0. The molecule has 1 amide bonds. The van der Waals surface area contributed by atoms with Crippen LogP contribution in [0.5, 0.6) is 0 Å². The summed E-state index contributed by atoms with van der Waals surface area (Å²) in [5.74, 6) is 0.265. The number of amides is 1. The van der Waals surface area contributed by atoms with Crippen LogP contribution < -0.4 is 3.61 Å². The van der Waals surface area contributed by atoms with Gasteiger partial charge in [0.15, 0.2) is 0 Å². The number of β-lactam (4-membered cyclic amide) rings is 1. The van der Waals surface area contributed by atoms with E-state index in [0.717, 1.165) is 31.5 Å². The molecule has 0 bridgehead atoms. The summed E-state index contributed by atoms with van der Waals surface area (Å²) in [6.07, 6.45) is 2.27. The molecule has 0 spiro atoms. The van der Waals surface area contributed by atoms with E-state index in [2.05, 4.69) is 42.2 Å². The van der Waals surface area contributed by atoms with Gasteiger partial charge in [-0.1, -0.05) is 0 Å². The summed E-state index contributed by atoms with van der Waals surface area (Å²) in [4.78, 5) is 13.8. The Bertz CT molecular complexity index is 450. The van der Waals surface area contributed by atoms with Gasteiger partial charge in [0.25, 0.3) is 0 Å². The molecule has 0 aromatic heterocycles. The fourth-order valence-electron chi connectivity index (χ4n) is 1.83. The van der Waals surface area contributed by atoms with Gasteiger partial charge in [0, 0.05) is 0 Å². The van der Waals surface area contributed by atoms with Crippen LogP contribution in [0.1, 0.15) is 25.3 Å². The Morgan fingerprint density at radius 2 is 2.06 bits per heavy atom. The molecule has 2 nitrogen and oxygen atoms in total. The third kappa shape index (κ3) is 3.37. The van der Waals surface area contributed by atoms with E-state index < -0.39 is 0 Å². The molecule has 2 rings (SSSR count). The number of carbonyl (C=O) groups excluding carboxylic acids is 1. The zero-order valence-electron chi connectivity index (χ0n) is 11.0. The van der Waals surface area contributed by atoms with Crippen molar-refractivity contribution in [3.05, 3.63) is 39.5 Å². The van der Waals surface area contributed by atoms with Crippen molar-refractivity contribution in [1.82, 2.24) is 4.90 Å². The Kier molecular flexibility index (Phi) is 4.86. The molecule has 96 valence electrons. The van der Waals surface area contributed by atoms with Crippen molar-refractivity contribution in [2.75, 3.05) is 13.1 Å². The maximum absolute atomic E-state index is 11.8. The molecule has 1 heterocycles. The summed E-state index contributed by atoms with van der Waals surface area (Å²) in [6.45, 7) is 6.06. The number of carbonyl (C=O) groups is 1. The van der Waals surface area contributed by atoms with Crippen LogP contribution in [0.4, 0.5) is 0 Å². The minimum absolute atomic E-state index is 0.265. The van der Waals surface area contributed by atoms with E-state index >= 15 is 0 Å². The molecule has 0 N–H and O–H groups in total. The maximum atomic E-state index is 11.8. The second-order valence-electron chi connectivity index (χ2n) is 4.65. The number of likely N-dealkylation sites (tertiary alicyclic amines) is 1. The minimum atomic E-state index is -0.336. The first-order valence-corrected chi connectivity index (χ1v) is 8.93. The molecule has 0 saturated carbocycles. The van der Waals surface area contributed by atoms with Crippen molar-refractivity contribution < 1.29 is 4.79 Å². The molecular weight excluding hydrogens is 338 g/mol. The molecule has 0 unspecified atom stereocenters. The van der Waals surface area contributed by atoms with Crippen molar-refractivity contribution >= 4 is 30.4 Å². The summed E-state index contributed by atoms with van der Waals surface area (Å²) >= 11 is -0.336. The molecule has 18 heavy (non-hydrogen) atoms. The van der Waals surface area contributed by atoms with E-state index in [0.29, 0.717) is 0 Å². The number of benzene rings is 1. The van der Waals surface area contributed by atoms with E-state index in [9.17, 15) is 4.79 Å². The van der Waals surface area contributed by atoms with Gasteiger partial charge < -0.3 is 0 Å². The van der Waals surface area contributed by atoms with Crippen LogP contribution in [0.25, 0.3) is 0 Å². The third-order valence-corrected chi connectivity index (χ3v) is 5.76. The normalized spacial score (nSPS) is 17.1. The first-order valence-electron chi connectivity index (χ1n) is 6.42. The van der Waals surface area contributed by atoms with Gasteiger partial charge in [-0.2, -0.15) is 0 Å². The van der Waals surface area contributed by atoms with E-state index in [-0.39, 0.29) is 26.8 Å². The van der Waals surface area contributed by atoms with Crippen LogP contribution in [0, 0.1) is 6.92 Å². The zero-order valence-corrected chi connectivity index (χ0v) is 13.3. The van der Waals surface area contributed by atoms with Crippen molar-refractivity contribution in [2.45, 2.75) is 26.7 Å². The quantitative estimate of drug-likeness (QED) is 0.448. The standard InChI is InChI=1S/C15H19NOTe/c1-3-4-9-16-10-13(15(16)17)11-18-14-7-5-12(2)6-8-14/h5-8,11H,3-4,9-10H2,1-2H3/b13-11+. The Morgan fingerprint density at radius 1 is 1.33 bits per heavy atom. The fraction of sp³-hybridized carbons (Fsp3) is 0.400. The second kappa shape index (κ2) is 6.40. The molecule has 1 aromatic carbocycles. The average molecular weight is 357 g/mol. The van der Waals surface area contributed by atoms with Crippen LogP contribution in [0.2, 0.25) is 0 Å². The Morgan fingerprint density at radius 3 is 2.67 bits per heavy atom. The van der Waals surface area contributed by atoms with Gasteiger partial charge in [-0.05, 0) is 0 Å². The van der Waals surface area contributed by atoms with E-state index in [1.165, 1.54) is 9.17 Å².